The zero-order chi connectivity index (χ0) is 11.5. The maximum absolute atomic E-state index is 11.5. The van der Waals surface area contributed by atoms with Crippen molar-refractivity contribution in [3.8, 4) is 0 Å². The van der Waals surface area contributed by atoms with Gasteiger partial charge in [-0.3, -0.25) is 0 Å². The molecule has 1 aliphatic rings. The quantitative estimate of drug-likeness (QED) is 0.749. The Morgan fingerprint density at radius 1 is 1.53 bits per heavy atom. The first-order valence-electron chi connectivity index (χ1n) is 5.48. The number of β-amino-alcohol motifs (C(OH)–C–C–N with tert-alkyl or cyclic N) is 1. The number of likely N-dealkylation sites (tertiary alicyclic amines) is 1. The first-order valence-corrected chi connectivity index (χ1v) is 9.19. The van der Waals surface area contributed by atoms with Gasteiger partial charge in [-0.2, -0.15) is 0 Å². The molecule has 1 heterocycles. The topological polar surface area (TPSA) is 49.8 Å². The summed E-state index contributed by atoms with van der Waals surface area (Å²) in [6.45, 7) is 8.31. The lowest BCUT2D eigenvalue weighted by Crippen LogP contribution is -2.31. The minimum atomic E-state index is -1.12. The lowest BCUT2D eigenvalue weighted by atomic mass is 10.3. The Hall–Kier alpha value is -0.553. The second-order valence-corrected chi connectivity index (χ2v) is 10.9. The van der Waals surface area contributed by atoms with Gasteiger partial charge >= 0.3 is 6.09 Å². The van der Waals surface area contributed by atoms with Crippen LogP contribution in [0.3, 0.4) is 0 Å². The smallest absolute Gasteiger partial charge is 0.409 e. The van der Waals surface area contributed by atoms with Crippen LogP contribution < -0.4 is 0 Å². The maximum Gasteiger partial charge on any atom is 0.409 e. The van der Waals surface area contributed by atoms with Crippen LogP contribution in [0.5, 0.6) is 0 Å². The maximum atomic E-state index is 11.5. The van der Waals surface area contributed by atoms with E-state index in [1.807, 2.05) is 0 Å². The predicted molar refractivity (Wildman–Crippen MR) is 61.7 cm³/mol. The van der Waals surface area contributed by atoms with Gasteiger partial charge in [-0.15, -0.1) is 0 Å². The van der Waals surface area contributed by atoms with E-state index >= 15 is 0 Å². The highest BCUT2D eigenvalue weighted by atomic mass is 28.3. The molecule has 1 N–H and O–H groups in total. The van der Waals surface area contributed by atoms with Gasteiger partial charge in [0, 0.05) is 21.2 Å². The molecule has 0 aromatic carbocycles. The largest absolute Gasteiger partial charge is 0.450 e. The van der Waals surface area contributed by atoms with Gasteiger partial charge in [-0.25, -0.2) is 4.79 Å². The summed E-state index contributed by atoms with van der Waals surface area (Å²) in [5, 5.41) is 9.26. The molecule has 0 spiro atoms. The van der Waals surface area contributed by atoms with Crippen molar-refractivity contribution in [3.05, 3.63) is 0 Å². The molecular weight excluding hydrogens is 210 g/mol. The molecule has 1 amide bonds. The van der Waals surface area contributed by atoms with Gasteiger partial charge in [0.25, 0.3) is 0 Å². The summed E-state index contributed by atoms with van der Waals surface area (Å²) in [5.41, 5.74) is 0. The van der Waals surface area contributed by atoms with Crippen molar-refractivity contribution in [3.63, 3.8) is 0 Å². The van der Waals surface area contributed by atoms with E-state index in [-0.39, 0.29) is 12.2 Å². The van der Waals surface area contributed by atoms with Crippen molar-refractivity contribution in [1.82, 2.24) is 4.90 Å². The zero-order valence-corrected chi connectivity index (χ0v) is 10.8. The fourth-order valence-corrected chi connectivity index (χ4v) is 2.16. The number of amides is 1. The molecule has 1 saturated heterocycles. The van der Waals surface area contributed by atoms with E-state index in [2.05, 4.69) is 19.6 Å². The Balaban J connectivity index is 2.19. The molecule has 1 fully saturated rings. The third-order valence-electron chi connectivity index (χ3n) is 2.50. The molecule has 0 aliphatic carbocycles. The summed E-state index contributed by atoms with van der Waals surface area (Å²) in [7, 11) is -1.12. The Bertz CT molecular complexity index is 227. The number of ether oxygens (including phenoxy) is 1. The second-order valence-electron chi connectivity index (χ2n) is 5.31. The van der Waals surface area contributed by atoms with Crippen molar-refractivity contribution >= 4 is 14.2 Å². The van der Waals surface area contributed by atoms with E-state index in [1.54, 1.807) is 4.90 Å². The van der Waals surface area contributed by atoms with Crippen LogP contribution in [0.25, 0.3) is 0 Å². The van der Waals surface area contributed by atoms with Crippen LogP contribution in [0.1, 0.15) is 6.42 Å². The summed E-state index contributed by atoms with van der Waals surface area (Å²) in [5.74, 6) is 0. The van der Waals surface area contributed by atoms with Gasteiger partial charge in [0.2, 0.25) is 0 Å². The fraction of sp³-hybridized carbons (Fsp3) is 0.900. The van der Waals surface area contributed by atoms with Crippen molar-refractivity contribution in [2.75, 3.05) is 19.7 Å². The van der Waals surface area contributed by atoms with Crippen LogP contribution in [0.4, 0.5) is 4.79 Å². The van der Waals surface area contributed by atoms with Crippen LogP contribution in [-0.4, -0.2) is 50.0 Å². The van der Waals surface area contributed by atoms with Gasteiger partial charge in [0.1, 0.15) is 0 Å². The molecule has 1 aliphatic heterocycles. The third-order valence-corrected chi connectivity index (χ3v) is 4.20. The number of rotatable bonds is 3. The fourth-order valence-electron chi connectivity index (χ4n) is 1.44. The van der Waals surface area contributed by atoms with E-state index in [0.717, 1.165) is 6.04 Å². The molecule has 0 unspecified atom stereocenters. The number of hydrogen-bond acceptors (Lipinski definition) is 3. The van der Waals surface area contributed by atoms with Gasteiger partial charge < -0.3 is 14.7 Å². The van der Waals surface area contributed by atoms with E-state index in [4.69, 9.17) is 4.74 Å². The molecule has 0 aromatic rings. The highest BCUT2D eigenvalue weighted by molar-refractivity contribution is 6.76. The zero-order valence-electron chi connectivity index (χ0n) is 9.82. The molecule has 4 nitrogen and oxygen atoms in total. The van der Waals surface area contributed by atoms with Crippen LogP contribution in [0.2, 0.25) is 25.7 Å². The number of aliphatic hydroxyl groups is 1. The number of carbonyl (C=O) groups excluding carboxylic acids is 1. The molecule has 0 aromatic heterocycles. The van der Waals surface area contributed by atoms with Crippen molar-refractivity contribution < 1.29 is 14.6 Å². The Morgan fingerprint density at radius 2 is 2.20 bits per heavy atom. The number of nitrogens with zero attached hydrogens (tertiary/aromatic N) is 1. The molecule has 0 radical (unpaired) electrons. The molecular formula is C10H21NO3Si. The van der Waals surface area contributed by atoms with Crippen LogP contribution in [0, 0.1) is 0 Å². The molecule has 1 atom stereocenters. The van der Waals surface area contributed by atoms with Crippen LogP contribution in [-0.2, 0) is 4.74 Å². The predicted octanol–water partition coefficient (Wildman–Crippen LogP) is 1.53. The Kier molecular flexibility index (Phi) is 4.16. The van der Waals surface area contributed by atoms with E-state index in [9.17, 15) is 9.90 Å². The average molecular weight is 231 g/mol. The molecule has 1 rings (SSSR count). The number of carbonyl (C=O) groups is 1. The first-order chi connectivity index (χ1) is 6.88. The first kappa shape index (κ1) is 12.5. The van der Waals surface area contributed by atoms with Gasteiger partial charge in [-0.05, 0) is 12.5 Å². The molecule has 0 saturated carbocycles. The summed E-state index contributed by atoms with van der Waals surface area (Å²) in [6.07, 6.45) is 0.0303. The Labute approximate surface area is 92.2 Å². The van der Waals surface area contributed by atoms with Crippen molar-refractivity contribution in [2.24, 2.45) is 0 Å². The van der Waals surface area contributed by atoms with Crippen molar-refractivity contribution in [2.45, 2.75) is 38.2 Å². The van der Waals surface area contributed by atoms with Crippen LogP contribution in [0.15, 0.2) is 0 Å². The summed E-state index contributed by atoms with van der Waals surface area (Å²) >= 11 is 0. The van der Waals surface area contributed by atoms with E-state index in [0.29, 0.717) is 26.1 Å². The second kappa shape index (κ2) is 4.98. The highest BCUT2D eigenvalue weighted by Crippen LogP contribution is 2.12. The monoisotopic (exact) mass is 231 g/mol. The van der Waals surface area contributed by atoms with E-state index in [1.165, 1.54) is 0 Å². The molecule has 88 valence electrons. The number of hydrogen-bond donors (Lipinski definition) is 1. The van der Waals surface area contributed by atoms with Crippen LogP contribution >= 0.6 is 0 Å². The number of aliphatic hydroxyl groups excluding tert-OH is 1. The van der Waals surface area contributed by atoms with Gasteiger partial charge in [-0.1, -0.05) is 19.6 Å². The standard InChI is InChI=1S/C10H21NO3Si/c1-15(2,3)7-6-14-10(13)11-5-4-9(12)8-11/h9,12H,4-8H2,1-3H3/t9-/m1/s1. The molecule has 15 heavy (non-hydrogen) atoms. The SMILES string of the molecule is C[Si](C)(C)CCOC(=O)N1CC[C@@H](O)C1. The highest BCUT2D eigenvalue weighted by Gasteiger charge is 2.25. The summed E-state index contributed by atoms with van der Waals surface area (Å²) in [4.78, 5) is 13.1. The lowest BCUT2D eigenvalue weighted by molar-refractivity contribution is 0.107. The average Bonchev–Trinajstić information content (AvgIpc) is 2.49. The minimum Gasteiger partial charge on any atom is -0.450 e. The summed E-state index contributed by atoms with van der Waals surface area (Å²) in [6, 6.07) is 0.995. The molecule has 0 bridgehead atoms. The van der Waals surface area contributed by atoms with Gasteiger partial charge in [0.15, 0.2) is 0 Å². The van der Waals surface area contributed by atoms with E-state index < -0.39 is 8.07 Å². The van der Waals surface area contributed by atoms with Crippen molar-refractivity contribution in [1.29, 1.82) is 0 Å². The summed E-state index contributed by atoms with van der Waals surface area (Å²) < 4.78 is 5.16. The normalized spacial score (nSPS) is 21.9. The minimum absolute atomic E-state index is 0.273. The third kappa shape index (κ3) is 4.66. The molecule has 5 heteroatoms. The lowest BCUT2D eigenvalue weighted by Gasteiger charge is -2.18. The van der Waals surface area contributed by atoms with Gasteiger partial charge in [0.05, 0.1) is 12.7 Å². The Morgan fingerprint density at radius 3 is 2.67 bits per heavy atom.